The highest BCUT2D eigenvalue weighted by atomic mass is 32.2. The zero-order valence-corrected chi connectivity index (χ0v) is 24.0. The van der Waals surface area contributed by atoms with Crippen molar-refractivity contribution in [2.75, 3.05) is 32.1 Å². The fourth-order valence-electron chi connectivity index (χ4n) is 4.22. The number of rotatable bonds is 12. The van der Waals surface area contributed by atoms with Crippen LogP contribution in [0.3, 0.4) is 0 Å². The highest BCUT2D eigenvalue weighted by Gasteiger charge is 2.33. The van der Waals surface area contributed by atoms with Gasteiger partial charge in [0.05, 0.1) is 24.8 Å². The van der Waals surface area contributed by atoms with E-state index in [1.54, 1.807) is 25.1 Å². The van der Waals surface area contributed by atoms with Gasteiger partial charge in [0, 0.05) is 19.7 Å². The van der Waals surface area contributed by atoms with Crippen molar-refractivity contribution in [1.29, 1.82) is 0 Å². The lowest BCUT2D eigenvalue weighted by Gasteiger charge is -2.33. The van der Waals surface area contributed by atoms with E-state index in [0.29, 0.717) is 11.3 Å². The van der Waals surface area contributed by atoms with Crippen molar-refractivity contribution in [2.24, 2.45) is 0 Å². The molecule has 0 radical (unpaired) electrons. The number of halogens is 1. The van der Waals surface area contributed by atoms with Gasteiger partial charge < -0.3 is 19.7 Å². The molecule has 9 nitrogen and oxygen atoms in total. The van der Waals surface area contributed by atoms with Crippen molar-refractivity contribution in [2.45, 2.75) is 37.8 Å². The van der Waals surface area contributed by atoms with E-state index in [1.807, 2.05) is 6.92 Å². The van der Waals surface area contributed by atoms with E-state index < -0.39 is 40.2 Å². The normalized spacial score (nSPS) is 11.8. The number of carbonyl (C=O) groups excluding carboxylic acids is 2. The number of carbonyl (C=O) groups is 2. The van der Waals surface area contributed by atoms with Crippen LogP contribution in [-0.4, -0.2) is 59.0 Å². The quantitative estimate of drug-likeness (QED) is 0.354. The predicted octanol–water partition coefficient (Wildman–Crippen LogP) is 3.90. The first-order chi connectivity index (χ1) is 19.0. The molecule has 3 rings (SSSR count). The molecule has 0 saturated carbocycles. The van der Waals surface area contributed by atoms with Gasteiger partial charge in [-0.3, -0.25) is 13.9 Å². The molecular formula is C29H34FN3O6S. The van der Waals surface area contributed by atoms with Crippen molar-refractivity contribution in [3.63, 3.8) is 0 Å². The summed E-state index contributed by atoms with van der Waals surface area (Å²) >= 11 is 0. The number of nitrogens with zero attached hydrogens (tertiary/aromatic N) is 2. The Bertz CT molecular complexity index is 1430. The number of benzene rings is 3. The zero-order valence-electron chi connectivity index (χ0n) is 23.2. The molecule has 3 aromatic rings. The second kappa shape index (κ2) is 13.3. The minimum atomic E-state index is -4.24. The number of hydrogen-bond donors (Lipinski definition) is 1. The molecule has 0 fully saturated rings. The lowest BCUT2D eigenvalue weighted by molar-refractivity contribution is -0.140. The van der Waals surface area contributed by atoms with Crippen LogP contribution in [0.4, 0.5) is 10.1 Å². The molecule has 1 atom stereocenters. The van der Waals surface area contributed by atoms with E-state index in [2.05, 4.69) is 5.32 Å². The van der Waals surface area contributed by atoms with E-state index in [-0.39, 0.29) is 29.3 Å². The van der Waals surface area contributed by atoms with Gasteiger partial charge in [-0.1, -0.05) is 36.8 Å². The third kappa shape index (κ3) is 6.90. The number of anilines is 1. The molecule has 40 heavy (non-hydrogen) atoms. The summed E-state index contributed by atoms with van der Waals surface area (Å²) in [6, 6.07) is 15.5. The van der Waals surface area contributed by atoms with Crippen molar-refractivity contribution >= 4 is 27.5 Å². The summed E-state index contributed by atoms with van der Waals surface area (Å²) in [6.45, 7) is 2.94. The third-order valence-electron chi connectivity index (χ3n) is 6.44. The molecule has 0 aliphatic carbocycles. The van der Waals surface area contributed by atoms with Crippen LogP contribution in [0, 0.1) is 12.7 Å². The van der Waals surface area contributed by atoms with E-state index >= 15 is 0 Å². The van der Waals surface area contributed by atoms with Gasteiger partial charge in [-0.15, -0.1) is 0 Å². The topological polar surface area (TPSA) is 105 Å². The number of sulfonamides is 1. The predicted molar refractivity (Wildman–Crippen MR) is 150 cm³/mol. The molecule has 0 aliphatic heterocycles. The smallest absolute Gasteiger partial charge is 0.264 e. The summed E-state index contributed by atoms with van der Waals surface area (Å²) in [7, 11) is 0.0993. The van der Waals surface area contributed by atoms with Crippen LogP contribution >= 0.6 is 0 Å². The molecular weight excluding hydrogens is 537 g/mol. The molecule has 0 spiro atoms. The highest BCUT2D eigenvalue weighted by Crippen LogP contribution is 2.34. The standard InChI is InChI=1S/C29H34FN3O6S/c1-6-25(29(35)31-3)32(18-21-9-11-22(30)12-10-21)28(34)19-33(23-13-16-26(38-4)27(17-23)39-5)40(36,37)24-14-7-20(2)8-15-24/h7-17,25H,6,18-19H2,1-5H3,(H,31,35)/t25-/m0/s1. The average molecular weight is 572 g/mol. The van der Waals surface area contributed by atoms with Crippen LogP contribution in [0.1, 0.15) is 24.5 Å². The first kappa shape index (κ1) is 30.4. The molecule has 0 aliphatic rings. The van der Waals surface area contributed by atoms with E-state index in [0.717, 1.165) is 9.87 Å². The monoisotopic (exact) mass is 571 g/mol. The third-order valence-corrected chi connectivity index (χ3v) is 8.23. The fourth-order valence-corrected chi connectivity index (χ4v) is 5.62. The average Bonchev–Trinajstić information content (AvgIpc) is 2.96. The second-order valence-electron chi connectivity index (χ2n) is 9.05. The number of ether oxygens (including phenoxy) is 2. The Labute approximate surface area is 234 Å². The van der Waals surface area contributed by atoms with Gasteiger partial charge in [0.1, 0.15) is 18.4 Å². The van der Waals surface area contributed by atoms with E-state index in [1.165, 1.54) is 74.7 Å². The summed E-state index contributed by atoms with van der Waals surface area (Å²) in [5.74, 6) is -0.809. The number of aryl methyl sites for hydroxylation is 1. The number of amides is 2. The Morgan fingerprint density at radius 1 is 0.950 bits per heavy atom. The van der Waals surface area contributed by atoms with Crippen molar-refractivity contribution in [3.05, 3.63) is 83.7 Å². The van der Waals surface area contributed by atoms with Crippen LogP contribution in [0.2, 0.25) is 0 Å². The summed E-state index contributed by atoms with van der Waals surface area (Å²) in [5, 5.41) is 2.57. The summed E-state index contributed by atoms with van der Waals surface area (Å²) in [5.41, 5.74) is 1.62. The maximum atomic E-state index is 13.9. The second-order valence-corrected chi connectivity index (χ2v) is 10.9. The largest absolute Gasteiger partial charge is 0.493 e. The summed E-state index contributed by atoms with van der Waals surface area (Å²) in [4.78, 5) is 28.0. The maximum absolute atomic E-state index is 13.9. The van der Waals surface area contributed by atoms with E-state index in [9.17, 15) is 22.4 Å². The molecule has 1 N–H and O–H groups in total. The van der Waals surface area contributed by atoms with Gasteiger partial charge in [0.2, 0.25) is 11.8 Å². The van der Waals surface area contributed by atoms with Gasteiger partial charge in [0.15, 0.2) is 11.5 Å². The zero-order chi connectivity index (χ0) is 29.4. The van der Waals surface area contributed by atoms with Crippen LogP contribution in [-0.2, 0) is 26.2 Å². The molecule has 3 aromatic carbocycles. The number of nitrogens with one attached hydrogen (secondary N) is 1. The van der Waals surface area contributed by atoms with Gasteiger partial charge in [-0.25, -0.2) is 12.8 Å². The minimum absolute atomic E-state index is 0.0101. The Kier molecular flexibility index (Phi) is 10.1. The Morgan fingerprint density at radius 3 is 2.12 bits per heavy atom. The van der Waals surface area contributed by atoms with Gasteiger partial charge in [-0.2, -0.15) is 0 Å². The lowest BCUT2D eigenvalue weighted by atomic mass is 10.1. The molecule has 214 valence electrons. The number of likely N-dealkylation sites (N-methyl/N-ethyl adjacent to an activating group) is 1. The molecule has 2 amide bonds. The summed E-state index contributed by atoms with van der Waals surface area (Å²) < 4.78 is 53.1. The van der Waals surface area contributed by atoms with Crippen LogP contribution < -0.4 is 19.1 Å². The highest BCUT2D eigenvalue weighted by molar-refractivity contribution is 7.92. The Hall–Kier alpha value is -4.12. The van der Waals surface area contributed by atoms with Gasteiger partial charge in [-0.05, 0) is 55.3 Å². The SMILES string of the molecule is CC[C@@H](C(=O)NC)N(Cc1ccc(F)cc1)C(=O)CN(c1ccc(OC)c(OC)c1)S(=O)(=O)c1ccc(C)cc1. The number of hydrogen-bond acceptors (Lipinski definition) is 6. The van der Waals surface area contributed by atoms with Gasteiger partial charge >= 0.3 is 0 Å². The minimum Gasteiger partial charge on any atom is -0.493 e. The fraction of sp³-hybridized carbons (Fsp3) is 0.310. The Balaban J connectivity index is 2.11. The van der Waals surface area contributed by atoms with Crippen LogP contribution in [0.5, 0.6) is 11.5 Å². The van der Waals surface area contributed by atoms with E-state index in [4.69, 9.17) is 9.47 Å². The Morgan fingerprint density at radius 2 is 1.57 bits per heavy atom. The van der Waals surface area contributed by atoms with Crippen LogP contribution in [0.25, 0.3) is 0 Å². The van der Waals surface area contributed by atoms with Crippen molar-refractivity contribution < 1.29 is 31.9 Å². The van der Waals surface area contributed by atoms with Gasteiger partial charge in [0.25, 0.3) is 10.0 Å². The lowest BCUT2D eigenvalue weighted by Crippen LogP contribution is -2.51. The molecule has 0 heterocycles. The first-order valence-corrected chi connectivity index (χ1v) is 14.1. The first-order valence-electron chi connectivity index (χ1n) is 12.6. The maximum Gasteiger partial charge on any atom is 0.264 e. The molecule has 0 unspecified atom stereocenters. The van der Waals surface area contributed by atoms with Crippen LogP contribution in [0.15, 0.2) is 71.6 Å². The molecule has 0 saturated heterocycles. The van der Waals surface area contributed by atoms with Crippen molar-refractivity contribution in [1.82, 2.24) is 10.2 Å². The molecule has 0 bridgehead atoms. The van der Waals surface area contributed by atoms with Crippen molar-refractivity contribution in [3.8, 4) is 11.5 Å². The molecule has 0 aromatic heterocycles. The molecule has 11 heteroatoms. The number of methoxy groups -OCH3 is 2. The summed E-state index contributed by atoms with van der Waals surface area (Å²) in [6.07, 6.45) is 0.272.